The van der Waals surface area contributed by atoms with E-state index in [1.54, 1.807) is 24.3 Å². The van der Waals surface area contributed by atoms with E-state index < -0.39 is 11.9 Å². The number of carboxylic acid groups (broad SMARTS) is 2. The van der Waals surface area contributed by atoms with Crippen molar-refractivity contribution in [3.8, 4) is 5.75 Å². The number of carboxylic acids is 2. The first-order valence-corrected chi connectivity index (χ1v) is 5.41. The summed E-state index contributed by atoms with van der Waals surface area (Å²) >= 11 is 0. The largest absolute Gasteiger partial charge is 0.494 e. The van der Waals surface area contributed by atoms with Crippen molar-refractivity contribution >= 4 is 17.5 Å². The molecule has 0 heterocycles. The molecule has 5 heteroatoms. The van der Waals surface area contributed by atoms with Crippen molar-refractivity contribution in [2.75, 3.05) is 6.61 Å². The van der Waals surface area contributed by atoms with Gasteiger partial charge in [0.05, 0.1) is 13.0 Å². The highest BCUT2D eigenvalue weighted by Gasteiger charge is 2.09. The Morgan fingerprint density at radius 2 is 1.83 bits per heavy atom. The first-order valence-electron chi connectivity index (χ1n) is 5.41. The van der Waals surface area contributed by atoms with E-state index in [-0.39, 0.29) is 12.0 Å². The minimum atomic E-state index is -1.17. The highest BCUT2D eigenvalue weighted by atomic mass is 16.5. The van der Waals surface area contributed by atoms with Crippen molar-refractivity contribution in [1.29, 1.82) is 0 Å². The van der Waals surface area contributed by atoms with Crippen LogP contribution in [0.15, 0.2) is 30.3 Å². The molecule has 0 atom stereocenters. The van der Waals surface area contributed by atoms with Crippen molar-refractivity contribution in [1.82, 2.24) is 0 Å². The van der Waals surface area contributed by atoms with Crippen LogP contribution >= 0.6 is 0 Å². The molecule has 0 aliphatic heterocycles. The van der Waals surface area contributed by atoms with Crippen LogP contribution in [-0.4, -0.2) is 28.8 Å². The zero-order valence-corrected chi connectivity index (χ0v) is 9.92. The molecular formula is C13H14O5. The summed E-state index contributed by atoms with van der Waals surface area (Å²) in [7, 11) is 0. The summed E-state index contributed by atoms with van der Waals surface area (Å²) in [6.45, 7) is 2.39. The summed E-state index contributed by atoms with van der Waals surface area (Å²) < 4.78 is 5.25. The fraction of sp³-hybridized carbons (Fsp3) is 0.231. The lowest BCUT2D eigenvalue weighted by Gasteiger charge is -2.07. The Balaban J connectivity index is 2.98. The fourth-order valence-electron chi connectivity index (χ4n) is 1.48. The minimum absolute atomic E-state index is 0.248. The van der Waals surface area contributed by atoms with Crippen LogP contribution in [0.5, 0.6) is 5.75 Å². The number of rotatable bonds is 6. The van der Waals surface area contributed by atoms with Crippen LogP contribution in [0.3, 0.4) is 0 Å². The van der Waals surface area contributed by atoms with Gasteiger partial charge in [0.1, 0.15) is 5.75 Å². The maximum absolute atomic E-state index is 10.7. The van der Waals surface area contributed by atoms with E-state index in [0.717, 1.165) is 6.08 Å². The van der Waals surface area contributed by atoms with Crippen molar-refractivity contribution in [2.24, 2.45) is 0 Å². The van der Waals surface area contributed by atoms with Gasteiger partial charge in [0, 0.05) is 6.08 Å². The molecule has 96 valence electrons. The van der Waals surface area contributed by atoms with E-state index >= 15 is 0 Å². The second-order valence-electron chi connectivity index (χ2n) is 3.54. The molecular weight excluding hydrogens is 236 g/mol. The molecule has 5 nitrogen and oxygen atoms in total. The molecule has 0 aliphatic rings. The molecule has 0 amide bonds. The third-order valence-corrected chi connectivity index (χ3v) is 2.18. The molecule has 0 bridgehead atoms. The highest BCUT2D eigenvalue weighted by molar-refractivity contribution is 5.94. The van der Waals surface area contributed by atoms with E-state index in [4.69, 9.17) is 14.9 Å². The quantitative estimate of drug-likeness (QED) is 0.755. The van der Waals surface area contributed by atoms with Crippen LogP contribution in [0.2, 0.25) is 0 Å². The zero-order chi connectivity index (χ0) is 13.5. The van der Waals surface area contributed by atoms with E-state index in [2.05, 4.69) is 0 Å². The first kappa shape index (κ1) is 13.8. The third-order valence-electron chi connectivity index (χ3n) is 2.18. The standard InChI is InChI=1S/C13H14O5/c1-2-18-11-5-3-9(4-6-11)10(7-12(14)15)8-13(16)17/h3-7H,2,8H2,1H3,(H,14,15)(H,16,17)/b10-7-. The predicted octanol–water partition coefficient (Wildman–Crippen LogP) is 2.03. The lowest BCUT2D eigenvalue weighted by atomic mass is 10.0. The van der Waals surface area contributed by atoms with E-state index in [1.807, 2.05) is 6.92 Å². The molecule has 1 aromatic rings. The van der Waals surface area contributed by atoms with Crippen LogP contribution in [0.4, 0.5) is 0 Å². The van der Waals surface area contributed by atoms with Gasteiger partial charge in [-0.25, -0.2) is 4.79 Å². The summed E-state index contributed by atoms with van der Waals surface area (Å²) in [5.74, 6) is -1.58. The third kappa shape index (κ3) is 4.29. The number of benzene rings is 1. The summed E-state index contributed by atoms with van der Waals surface area (Å²) in [5, 5.41) is 17.4. The van der Waals surface area contributed by atoms with Gasteiger partial charge in [0.15, 0.2) is 0 Å². The van der Waals surface area contributed by atoms with Crippen LogP contribution in [-0.2, 0) is 9.59 Å². The molecule has 0 unspecified atom stereocenters. The Morgan fingerprint density at radius 1 is 1.22 bits per heavy atom. The molecule has 1 aromatic carbocycles. The molecule has 2 N–H and O–H groups in total. The lowest BCUT2D eigenvalue weighted by molar-refractivity contribution is -0.135. The van der Waals surface area contributed by atoms with Gasteiger partial charge in [0.2, 0.25) is 0 Å². The second-order valence-corrected chi connectivity index (χ2v) is 3.54. The number of hydrogen-bond donors (Lipinski definition) is 2. The maximum atomic E-state index is 10.7. The lowest BCUT2D eigenvalue weighted by Crippen LogP contribution is -2.00. The van der Waals surface area contributed by atoms with E-state index in [0.29, 0.717) is 17.9 Å². The summed E-state index contributed by atoms with van der Waals surface area (Å²) in [6.07, 6.45) is 0.573. The predicted molar refractivity (Wildman–Crippen MR) is 65.5 cm³/mol. The Bertz CT molecular complexity index is 459. The first-order chi connectivity index (χ1) is 8.52. The van der Waals surface area contributed by atoms with Gasteiger partial charge in [-0.15, -0.1) is 0 Å². The van der Waals surface area contributed by atoms with E-state index in [1.165, 1.54) is 0 Å². The van der Waals surface area contributed by atoms with Gasteiger partial charge in [-0.1, -0.05) is 12.1 Å². The normalized spacial score (nSPS) is 11.1. The van der Waals surface area contributed by atoms with Gasteiger partial charge in [-0.2, -0.15) is 0 Å². The van der Waals surface area contributed by atoms with Crippen molar-refractivity contribution in [3.05, 3.63) is 35.9 Å². The van der Waals surface area contributed by atoms with Crippen LogP contribution in [0.25, 0.3) is 5.57 Å². The average Bonchev–Trinajstić information content (AvgIpc) is 2.28. The number of ether oxygens (including phenoxy) is 1. The molecule has 0 aromatic heterocycles. The SMILES string of the molecule is CCOc1ccc(/C(=C\C(=O)O)CC(=O)O)cc1. The molecule has 0 radical (unpaired) electrons. The number of hydrogen-bond acceptors (Lipinski definition) is 3. The molecule has 0 spiro atoms. The fourth-order valence-corrected chi connectivity index (χ4v) is 1.48. The van der Waals surface area contributed by atoms with E-state index in [9.17, 15) is 9.59 Å². The summed E-state index contributed by atoms with van der Waals surface area (Å²) in [6, 6.07) is 6.64. The van der Waals surface area contributed by atoms with Gasteiger partial charge in [0.25, 0.3) is 0 Å². The Labute approximate surface area is 104 Å². The Kier molecular flexibility index (Phi) is 4.92. The van der Waals surface area contributed by atoms with Crippen molar-refractivity contribution < 1.29 is 24.5 Å². The molecule has 0 saturated heterocycles. The minimum Gasteiger partial charge on any atom is -0.494 e. The van der Waals surface area contributed by atoms with Crippen molar-refractivity contribution in [2.45, 2.75) is 13.3 Å². The van der Waals surface area contributed by atoms with Gasteiger partial charge in [-0.3, -0.25) is 4.79 Å². The zero-order valence-electron chi connectivity index (χ0n) is 9.92. The van der Waals surface area contributed by atoms with Gasteiger partial charge < -0.3 is 14.9 Å². The number of carbonyl (C=O) groups is 2. The summed E-state index contributed by atoms with van der Waals surface area (Å²) in [4.78, 5) is 21.3. The highest BCUT2D eigenvalue weighted by Crippen LogP contribution is 2.21. The molecule has 0 saturated carbocycles. The monoisotopic (exact) mass is 250 g/mol. The summed E-state index contributed by atoms with van der Waals surface area (Å²) in [5.41, 5.74) is 0.807. The molecule has 1 rings (SSSR count). The van der Waals surface area contributed by atoms with Crippen LogP contribution < -0.4 is 4.74 Å². The van der Waals surface area contributed by atoms with Crippen molar-refractivity contribution in [3.63, 3.8) is 0 Å². The van der Waals surface area contributed by atoms with Crippen LogP contribution in [0, 0.1) is 0 Å². The topological polar surface area (TPSA) is 83.8 Å². The smallest absolute Gasteiger partial charge is 0.328 e. The Hall–Kier alpha value is -2.30. The van der Waals surface area contributed by atoms with Gasteiger partial charge >= 0.3 is 11.9 Å². The van der Waals surface area contributed by atoms with Gasteiger partial charge in [-0.05, 0) is 30.2 Å². The Morgan fingerprint density at radius 3 is 2.28 bits per heavy atom. The second kappa shape index (κ2) is 6.44. The molecule has 18 heavy (non-hydrogen) atoms. The average molecular weight is 250 g/mol. The number of aliphatic carboxylic acids is 2. The molecule has 0 aliphatic carbocycles. The molecule has 0 fully saturated rings. The van der Waals surface area contributed by atoms with Crippen LogP contribution in [0.1, 0.15) is 18.9 Å². The maximum Gasteiger partial charge on any atom is 0.328 e.